The Morgan fingerprint density at radius 1 is 1.45 bits per heavy atom. The number of allylic oxidation sites excluding steroid dienone is 2. The molecule has 1 atom stereocenters. The SMILES string of the molecule is CC(C=O)=CCCC1(C)C=Cc2cc(O)cc(C)c2O1. The predicted octanol–water partition coefficient (Wildman–Crippen LogP) is 3.79. The molecule has 20 heavy (non-hydrogen) atoms. The Morgan fingerprint density at radius 3 is 2.90 bits per heavy atom. The number of aromatic hydroxyl groups is 1. The molecule has 0 fully saturated rings. The molecule has 0 spiro atoms. The lowest BCUT2D eigenvalue weighted by Crippen LogP contribution is -2.32. The topological polar surface area (TPSA) is 46.5 Å². The van der Waals surface area contributed by atoms with Gasteiger partial charge in [-0.15, -0.1) is 0 Å². The van der Waals surface area contributed by atoms with Crippen molar-refractivity contribution in [2.45, 2.75) is 39.2 Å². The maximum absolute atomic E-state index is 10.6. The van der Waals surface area contributed by atoms with Gasteiger partial charge in [0.05, 0.1) is 0 Å². The Hall–Kier alpha value is -2.03. The minimum absolute atomic E-state index is 0.252. The monoisotopic (exact) mass is 272 g/mol. The number of ether oxygens (including phenoxy) is 1. The third-order valence-corrected chi connectivity index (χ3v) is 3.53. The van der Waals surface area contributed by atoms with E-state index in [0.29, 0.717) is 0 Å². The van der Waals surface area contributed by atoms with Crippen molar-refractivity contribution in [3.63, 3.8) is 0 Å². The Balaban J connectivity index is 2.16. The zero-order valence-electron chi connectivity index (χ0n) is 12.1. The Labute approximate surface area is 119 Å². The van der Waals surface area contributed by atoms with Gasteiger partial charge in [-0.2, -0.15) is 0 Å². The van der Waals surface area contributed by atoms with E-state index in [1.165, 1.54) is 0 Å². The molecule has 106 valence electrons. The van der Waals surface area contributed by atoms with Crippen LogP contribution < -0.4 is 4.74 Å². The van der Waals surface area contributed by atoms with Crippen molar-refractivity contribution in [3.05, 3.63) is 41.0 Å². The molecule has 1 aromatic carbocycles. The van der Waals surface area contributed by atoms with Crippen LogP contribution in [0.5, 0.6) is 11.5 Å². The van der Waals surface area contributed by atoms with E-state index in [1.807, 2.05) is 32.1 Å². The number of phenols is 1. The van der Waals surface area contributed by atoms with Crippen LogP contribution in [0.3, 0.4) is 0 Å². The lowest BCUT2D eigenvalue weighted by Gasteiger charge is -2.32. The van der Waals surface area contributed by atoms with E-state index >= 15 is 0 Å². The summed E-state index contributed by atoms with van der Waals surface area (Å²) in [7, 11) is 0. The van der Waals surface area contributed by atoms with Gasteiger partial charge in [0.15, 0.2) is 0 Å². The number of aryl methyl sites for hydroxylation is 1. The molecule has 1 aliphatic heterocycles. The zero-order chi connectivity index (χ0) is 14.8. The number of carbonyl (C=O) groups is 1. The smallest absolute Gasteiger partial charge is 0.145 e. The Kier molecular flexibility index (Phi) is 3.98. The average molecular weight is 272 g/mol. The summed E-state index contributed by atoms with van der Waals surface area (Å²) < 4.78 is 6.11. The van der Waals surface area contributed by atoms with Gasteiger partial charge in [0.2, 0.25) is 0 Å². The van der Waals surface area contributed by atoms with E-state index in [-0.39, 0.29) is 11.4 Å². The largest absolute Gasteiger partial charge is 0.508 e. The van der Waals surface area contributed by atoms with E-state index in [0.717, 1.165) is 41.6 Å². The molecule has 0 radical (unpaired) electrons. The number of hydrogen-bond donors (Lipinski definition) is 1. The first kappa shape index (κ1) is 14.4. The molecular weight excluding hydrogens is 252 g/mol. The summed E-state index contributed by atoms with van der Waals surface area (Å²) in [6.45, 7) is 5.76. The lowest BCUT2D eigenvalue weighted by molar-refractivity contribution is -0.104. The van der Waals surface area contributed by atoms with E-state index in [4.69, 9.17) is 4.74 Å². The van der Waals surface area contributed by atoms with Crippen molar-refractivity contribution >= 4 is 12.4 Å². The van der Waals surface area contributed by atoms with E-state index < -0.39 is 0 Å². The zero-order valence-corrected chi connectivity index (χ0v) is 12.1. The number of hydrogen-bond acceptors (Lipinski definition) is 3. The fourth-order valence-electron chi connectivity index (χ4n) is 2.35. The van der Waals surface area contributed by atoms with Crippen LogP contribution in [0.2, 0.25) is 0 Å². The van der Waals surface area contributed by atoms with Gasteiger partial charge >= 0.3 is 0 Å². The highest BCUT2D eigenvalue weighted by Crippen LogP contribution is 2.38. The summed E-state index contributed by atoms with van der Waals surface area (Å²) in [6.07, 6.45) is 8.38. The van der Waals surface area contributed by atoms with Crippen molar-refractivity contribution < 1.29 is 14.6 Å². The minimum atomic E-state index is -0.381. The third kappa shape index (κ3) is 3.10. The summed E-state index contributed by atoms with van der Waals surface area (Å²) in [5.41, 5.74) is 2.19. The van der Waals surface area contributed by atoms with Gasteiger partial charge in [0.25, 0.3) is 0 Å². The fourth-order valence-corrected chi connectivity index (χ4v) is 2.35. The van der Waals surface area contributed by atoms with Crippen LogP contribution in [0.4, 0.5) is 0 Å². The number of aldehydes is 1. The van der Waals surface area contributed by atoms with Crippen molar-refractivity contribution in [1.82, 2.24) is 0 Å². The van der Waals surface area contributed by atoms with Gasteiger partial charge in [-0.05, 0) is 63.0 Å². The van der Waals surface area contributed by atoms with E-state index in [2.05, 4.69) is 0 Å². The third-order valence-electron chi connectivity index (χ3n) is 3.53. The molecule has 1 aliphatic rings. The van der Waals surface area contributed by atoms with Crippen molar-refractivity contribution in [3.8, 4) is 11.5 Å². The quantitative estimate of drug-likeness (QED) is 0.670. The first-order valence-corrected chi connectivity index (χ1v) is 6.77. The van der Waals surface area contributed by atoms with Crippen LogP contribution in [-0.2, 0) is 4.79 Å². The molecule has 1 aromatic rings. The molecular formula is C17H20O3. The second kappa shape index (κ2) is 5.53. The minimum Gasteiger partial charge on any atom is -0.508 e. The normalized spacial score (nSPS) is 21.2. The van der Waals surface area contributed by atoms with Crippen LogP contribution >= 0.6 is 0 Å². The van der Waals surface area contributed by atoms with Gasteiger partial charge in [-0.3, -0.25) is 4.79 Å². The van der Waals surface area contributed by atoms with Gasteiger partial charge in [0, 0.05) is 5.56 Å². The van der Waals surface area contributed by atoms with Gasteiger partial charge in [-0.1, -0.05) is 12.2 Å². The van der Waals surface area contributed by atoms with Crippen molar-refractivity contribution in [2.24, 2.45) is 0 Å². The van der Waals surface area contributed by atoms with Crippen LogP contribution in [0, 0.1) is 6.92 Å². The summed E-state index contributed by atoms with van der Waals surface area (Å²) in [5.74, 6) is 1.08. The highest BCUT2D eigenvalue weighted by molar-refractivity contribution is 5.72. The Bertz CT molecular complexity index is 584. The van der Waals surface area contributed by atoms with Gasteiger partial charge in [0.1, 0.15) is 23.4 Å². The first-order valence-electron chi connectivity index (χ1n) is 6.77. The molecule has 0 bridgehead atoms. The summed E-state index contributed by atoms with van der Waals surface area (Å²) in [4.78, 5) is 10.6. The summed E-state index contributed by atoms with van der Waals surface area (Å²) >= 11 is 0. The highest BCUT2D eigenvalue weighted by Gasteiger charge is 2.27. The van der Waals surface area contributed by atoms with Crippen molar-refractivity contribution in [2.75, 3.05) is 0 Å². The second-order valence-electron chi connectivity index (χ2n) is 5.53. The summed E-state index contributed by atoms with van der Waals surface area (Å²) in [6, 6.07) is 3.41. The Morgan fingerprint density at radius 2 is 2.20 bits per heavy atom. The number of benzene rings is 1. The molecule has 1 unspecified atom stereocenters. The average Bonchev–Trinajstić information content (AvgIpc) is 2.39. The van der Waals surface area contributed by atoms with Crippen LogP contribution in [0.25, 0.3) is 6.08 Å². The molecule has 0 saturated carbocycles. The highest BCUT2D eigenvalue weighted by atomic mass is 16.5. The maximum Gasteiger partial charge on any atom is 0.145 e. The van der Waals surface area contributed by atoms with Crippen molar-refractivity contribution in [1.29, 1.82) is 0 Å². The lowest BCUT2D eigenvalue weighted by atomic mass is 9.93. The molecule has 0 saturated heterocycles. The molecule has 1 heterocycles. The van der Waals surface area contributed by atoms with Gasteiger partial charge < -0.3 is 9.84 Å². The molecule has 0 aromatic heterocycles. The number of carbonyl (C=O) groups excluding carboxylic acids is 1. The number of phenolic OH excluding ortho intramolecular Hbond substituents is 1. The first-order chi connectivity index (χ1) is 9.43. The molecule has 1 N–H and O–H groups in total. The standard InChI is InChI=1S/C17H20O3/c1-12(11-18)5-4-7-17(3)8-6-14-10-15(19)9-13(2)16(14)20-17/h5-6,8-11,19H,4,7H2,1-3H3. The van der Waals surface area contributed by atoms with Crippen LogP contribution in [-0.4, -0.2) is 17.0 Å². The van der Waals surface area contributed by atoms with E-state index in [9.17, 15) is 9.90 Å². The molecule has 0 aliphatic carbocycles. The number of rotatable bonds is 4. The van der Waals surface area contributed by atoms with Gasteiger partial charge in [-0.25, -0.2) is 0 Å². The fraction of sp³-hybridized carbons (Fsp3) is 0.353. The second-order valence-corrected chi connectivity index (χ2v) is 5.53. The maximum atomic E-state index is 10.6. The summed E-state index contributed by atoms with van der Waals surface area (Å²) in [5, 5.41) is 9.60. The molecule has 2 rings (SSSR count). The molecule has 0 amide bonds. The molecule has 3 nitrogen and oxygen atoms in total. The molecule has 3 heteroatoms. The predicted molar refractivity (Wildman–Crippen MR) is 80.0 cm³/mol. The van der Waals surface area contributed by atoms with Crippen LogP contribution in [0.1, 0.15) is 37.8 Å². The number of fused-ring (bicyclic) bond motifs is 1. The van der Waals surface area contributed by atoms with E-state index in [1.54, 1.807) is 19.1 Å². The van der Waals surface area contributed by atoms with Crippen LogP contribution in [0.15, 0.2) is 29.9 Å².